The SMILES string of the molecule is CCCN(C)C=Nc1cc(C)c(O)cc1Cl. The van der Waals surface area contributed by atoms with E-state index >= 15 is 0 Å². The average molecular weight is 241 g/mol. The van der Waals surface area contributed by atoms with Crippen LogP contribution in [0.2, 0.25) is 5.02 Å². The first-order valence-corrected chi connectivity index (χ1v) is 5.66. The molecular weight excluding hydrogens is 224 g/mol. The Hall–Kier alpha value is -1.22. The summed E-state index contributed by atoms with van der Waals surface area (Å²) in [5, 5.41) is 9.90. The monoisotopic (exact) mass is 240 g/mol. The van der Waals surface area contributed by atoms with Gasteiger partial charge in [-0.15, -0.1) is 0 Å². The Kier molecular flexibility index (Phi) is 4.62. The molecular formula is C12H17ClN2O. The van der Waals surface area contributed by atoms with Gasteiger partial charge >= 0.3 is 0 Å². The Balaban J connectivity index is 2.85. The molecule has 0 saturated carbocycles. The number of aliphatic imine (C=N–C) groups is 1. The van der Waals surface area contributed by atoms with Crippen LogP contribution in [0.25, 0.3) is 0 Å². The Bertz CT molecular complexity index is 391. The van der Waals surface area contributed by atoms with Crippen molar-refractivity contribution in [2.45, 2.75) is 20.3 Å². The van der Waals surface area contributed by atoms with E-state index in [1.165, 1.54) is 6.07 Å². The summed E-state index contributed by atoms with van der Waals surface area (Å²) in [6, 6.07) is 3.29. The maximum Gasteiger partial charge on any atom is 0.120 e. The van der Waals surface area contributed by atoms with Gasteiger partial charge in [-0.2, -0.15) is 0 Å². The fraction of sp³-hybridized carbons (Fsp3) is 0.417. The van der Waals surface area contributed by atoms with Gasteiger partial charge in [-0.3, -0.25) is 0 Å². The Morgan fingerprint density at radius 2 is 2.19 bits per heavy atom. The maximum atomic E-state index is 9.44. The lowest BCUT2D eigenvalue weighted by Crippen LogP contribution is -2.16. The molecule has 0 aliphatic heterocycles. The quantitative estimate of drug-likeness (QED) is 0.647. The molecule has 3 nitrogen and oxygen atoms in total. The zero-order valence-corrected chi connectivity index (χ0v) is 10.6. The number of hydrogen-bond acceptors (Lipinski definition) is 2. The topological polar surface area (TPSA) is 35.8 Å². The zero-order valence-electron chi connectivity index (χ0n) is 9.87. The maximum absolute atomic E-state index is 9.44. The fourth-order valence-corrected chi connectivity index (χ4v) is 1.53. The summed E-state index contributed by atoms with van der Waals surface area (Å²) >= 11 is 5.97. The number of phenols is 1. The number of aromatic hydroxyl groups is 1. The third kappa shape index (κ3) is 3.42. The molecule has 0 amide bonds. The van der Waals surface area contributed by atoms with E-state index in [-0.39, 0.29) is 5.75 Å². The second kappa shape index (κ2) is 5.75. The van der Waals surface area contributed by atoms with Crippen molar-refractivity contribution in [3.8, 4) is 5.75 Å². The van der Waals surface area contributed by atoms with Gasteiger partial charge in [0.15, 0.2) is 0 Å². The first-order chi connectivity index (χ1) is 7.54. The molecule has 0 aromatic heterocycles. The van der Waals surface area contributed by atoms with Crippen molar-refractivity contribution in [2.75, 3.05) is 13.6 Å². The highest BCUT2D eigenvalue weighted by Gasteiger charge is 2.03. The molecule has 1 N–H and O–H groups in total. The third-order valence-corrected chi connectivity index (χ3v) is 2.54. The van der Waals surface area contributed by atoms with Gasteiger partial charge in [-0.05, 0) is 25.0 Å². The van der Waals surface area contributed by atoms with Gasteiger partial charge in [0.05, 0.1) is 17.0 Å². The van der Waals surface area contributed by atoms with Gasteiger partial charge in [0, 0.05) is 19.7 Å². The van der Waals surface area contributed by atoms with Crippen molar-refractivity contribution in [3.63, 3.8) is 0 Å². The van der Waals surface area contributed by atoms with Crippen LogP contribution in [0.5, 0.6) is 5.75 Å². The minimum Gasteiger partial charge on any atom is -0.508 e. The minimum atomic E-state index is 0.200. The van der Waals surface area contributed by atoms with Gasteiger partial charge in [-0.1, -0.05) is 18.5 Å². The number of benzene rings is 1. The lowest BCUT2D eigenvalue weighted by molar-refractivity contribution is 0.471. The molecule has 1 aromatic carbocycles. The molecule has 0 aliphatic rings. The molecule has 0 saturated heterocycles. The summed E-state index contributed by atoms with van der Waals surface area (Å²) in [5.74, 6) is 0.200. The second-order valence-corrected chi connectivity index (χ2v) is 4.22. The molecule has 0 radical (unpaired) electrons. The highest BCUT2D eigenvalue weighted by molar-refractivity contribution is 6.33. The van der Waals surface area contributed by atoms with E-state index in [1.54, 1.807) is 12.4 Å². The van der Waals surface area contributed by atoms with Crippen molar-refractivity contribution in [1.82, 2.24) is 4.90 Å². The van der Waals surface area contributed by atoms with Crippen molar-refractivity contribution >= 4 is 23.6 Å². The van der Waals surface area contributed by atoms with Crippen LogP contribution in [0.1, 0.15) is 18.9 Å². The number of rotatable bonds is 4. The van der Waals surface area contributed by atoms with Gasteiger partial charge in [0.2, 0.25) is 0 Å². The molecule has 1 rings (SSSR count). The fourth-order valence-electron chi connectivity index (χ4n) is 1.33. The molecule has 0 heterocycles. The molecule has 0 bridgehead atoms. The largest absolute Gasteiger partial charge is 0.508 e. The smallest absolute Gasteiger partial charge is 0.120 e. The summed E-state index contributed by atoms with van der Waals surface area (Å²) < 4.78 is 0. The average Bonchev–Trinajstić information content (AvgIpc) is 2.22. The van der Waals surface area contributed by atoms with Crippen LogP contribution in [0.3, 0.4) is 0 Å². The van der Waals surface area contributed by atoms with Crippen LogP contribution in [-0.4, -0.2) is 29.9 Å². The van der Waals surface area contributed by atoms with E-state index in [0.29, 0.717) is 10.7 Å². The third-order valence-electron chi connectivity index (χ3n) is 2.24. The molecule has 0 atom stereocenters. The van der Waals surface area contributed by atoms with Gasteiger partial charge in [0.1, 0.15) is 5.75 Å². The number of phenolic OH excluding ortho intramolecular Hbond substituents is 1. The van der Waals surface area contributed by atoms with Crippen molar-refractivity contribution in [2.24, 2.45) is 4.99 Å². The summed E-state index contributed by atoms with van der Waals surface area (Å²) in [7, 11) is 1.97. The first kappa shape index (κ1) is 12.8. The van der Waals surface area contributed by atoms with Crippen LogP contribution in [-0.2, 0) is 0 Å². The predicted octanol–water partition coefficient (Wildman–Crippen LogP) is 3.36. The van der Waals surface area contributed by atoms with Crippen LogP contribution >= 0.6 is 11.6 Å². The normalized spacial score (nSPS) is 11.0. The van der Waals surface area contributed by atoms with E-state index in [2.05, 4.69) is 11.9 Å². The van der Waals surface area contributed by atoms with Crippen LogP contribution < -0.4 is 0 Å². The molecule has 0 fully saturated rings. The van der Waals surface area contributed by atoms with E-state index in [9.17, 15) is 5.11 Å². The van der Waals surface area contributed by atoms with E-state index in [1.807, 2.05) is 18.9 Å². The summed E-state index contributed by atoms with van der Waals surface area (Å²) in [6.07, 6.45) is 2.83. The standard InChI is InChI=1S/C12H17ClN2O/c1-4-5-15(3)8-14-11-6-9(2)12(16)7-10(11)13/h6-8,16H,4-5H2,1-3H3. The van der Waals surface area contributed by atoms with Crippen molar-refractivity contribution < 1.29 is 5.11 Å². The molecule has 1 aromatic rings. The first-order valence-electron chi connectivity index (χ1n) is 5.28. The van der Waals surface area contributed by atoms with Crippen LogP contribution in [0.4, 0.5) is 5.69 Å². The Morgan fingerprint density at radius 1 is 1.50 bits per heavy atom. The summed E-state index contributed by atoms with van der Waals surface area (Å²) in [6.45, 7) is 4.89. The van der Waals surface area contributed by atoms with Gasteiger partial charge < -0.3 is 10.0 Å². The molecule has 0 unspecified atom stereocenters. The minimum absolute atomic E-state index is 0.200. The summed E-state index contributed by atoms with van der Waals surface area (Å²) in [5.41, 5.74) is 1.45. The zero-order chi connectivity index (χ0) is 12.1. The van der Waals surface area contributed by atoms with E-state index < -0.39 is 0 Å². The number of halogens is 1. The molecule has 0 aliphatic carbocycles. The van der Waals surface area contributed by atoms with Crippen LogP contribution in [0, 0.1) is 6.92 Å². The molecule has 4 heteroatoms. The Morgan fingerprint density at radius 3 is 2.81 bits per heavy atom. The van der Waals surface area contributed by atoms with Crippen LogP contribution in [0.15, 0.2) is 17.1 Å². The highest BCUT2D eigenvalue weighted by Crippen LogP contribution is 2.31. The lowest BCUT2D eigenvalue weighted by atomic mass is 10.2. The van der Waals surface area contributed by atoms with Gasteiger partial charge in [0.25, 0.3) is 0 Å². The van der Waals surface area contributed by atoms with E-state index in [4.69, 9.17) is 11.6 Å². The molecule has 16 heavy (non-hydrogen) atoms. The van der Waals surface area contributed by atoms with E-state index in [0.717, 1.165) is 18.5 Å². The molecule has 88 valence electrons. The van der Waals surface area contributed by atoms with Gasteiger partial charge in [-0.25, -0.2) is 4.99 Å². The number of aryl methyl sites for hydroxylation is 1. The van der Waals surface area contributed by atoms with Crippen molar-refractivity contribution in [1.29, 1.82) is 0 Å². The molecule has 0 spiro atoms. The summed E-state index contributed by atoms with van der Waals surface area (Å²) in [4.78, 5) is 6.28. The van der Waals surface area contributed by atoms with Crippen molar-refractivity contribution in [3.05, 3.63) is 22.7 Å². The Labute approximate surface area is 101 Å². The lowest BCUT2D eigenvalue weighted by Gasteiger charge is -2.11. The predicted molar refractivity (Wildman–Crippen MR) is 68.9 cm³/mol. The number of nitrogens with zero attached hydrogens (tertiary/aromatic N) is 2. The number of hydrogen-bond donors (Lipinski definition) is 1. The highest BCUT2D eigenvalue weighted by atomic mass is 35.5. The second-order valence-electron chi connectivity index (χ2n) is 3.82.